The molecule has 0 spiro atoms. The minimum absolute atomic E-state index is 0.279. The van der Waals surface area contributed by atoms with Crippen LogP contribution in [0.15, 0.2) is 27.5 Å². The van der Waals surface area contributed by atoms with Gasteiger partial charge in [-0.05, 0) is 22.0 Å². The van der Waals surface area contributed by atoms with Gasteiger partial charge in [-0.3, -0.25) is 0 Å². The minimum atomic E-state index is 0.279. The highest BCUT2D eigenvalue weighted by molar-refractivity contribution is 9.10. The molecule has 0 aliphatic carbocycles. The third-order valence-electron chi connectivity index (χ3n) is 1.55. The Morgan fingerprint density at radius 2 is 1.86 bits per heavy atom. The van der Waals surface area contributed by atoms with Crippen LogP contribution in [0.4, 0.5) is 0 Å². The molecule has 0 saturated heterocycles. The van der Waals surface area contributed by atoms with E-state index >= 15 is 0 Å². The van der Waals surface area contributed by atoms with Crippen LogP contribution in [0.2, 0.25) is 10.3 Å². The molecule has 0 radical (unpaired) electrons. The molecule has 14 heavy (non-hydrogen) atoms. The van der Waals surface area contributed by atoms with Gasteiger partial charge in [0.2, 0.25) is 0 Å². The first kappa shape index (κ1) is 9.96. The molecule has 2 aromatic heterocycles. The standard InChI is InChI=1S/C8H3BrCl2N2O/c9-5-6(10)12-8(13-7(5)11)4-1-2-14-3-4/h1-3H. The predicted molar refractivity (Wildman–Crippen MR) is 57.5 cm³/mol. The van der Waals surface area contributed by atoms with Crippen LogP contribution in [-0.2, 0) is 0 Å². The third-order valence-corrected chi connectivity index (χ3v) is 3.30. The van der Waals surface area contributed by atoms with E-state index in [2.05, 4.69) is 25.9 Å². The Morgan fingerprint density at radius 3 is 2.36 bits per heavy atom. The van der Waals surface area contributed by atoms with E-state index in [-0.39, 0.29) is 10.3 Å². The zero-order valence-corrected chi connectivity index (χ0v) is 9.77. The summed E-state index contributed by atoms with van der Waals surface area (Å²) in [7, 11) is 0. The summed E-state index contributed by atoms with van der Waals surface area (Å²) >= 11 is 14.8. The van der Waals surface area contributed by atoms with Crippen LogP contribution in [0.3, 0.4) is 0 Å². The van der Waals surface area contributed by atoms with Gasteiger partial charge in [-0.25, -0.2) is 9.97 Å². The van der Waals surface area contributed by atoms with E-state index in [1.165, 1.54) is 12.5 Å². The molecule has 0 amide bonds. The van der Waals surface area contributed by atoms with Crippen LogP contribution in [0.5, 0.6) is 0 Å². The Morgan fingerprint density at radius 1 is 1.21 bits per heavy atom. The molecule has 0 aliphatic rings. The summed E-state index contributed by atoms with van der Waals surface area (Å²) in [5, 5.41) is 0.558. The zero-order chi connectivity index (χ0) is 10.1. The molecule has 0 saturated carbocycles. The van der Waals surface area contributed by atoms with Crippen LogP contribution in [-0.4, -0.2) is 9.97 Å². The number of aromatic nitrogens is 2. The van der Waals surface area contributed by atoms with Crippen molar-refractivity contribution >= 4 is 39.1 Å². The lowest BCUT2D eigenvalue weighted by molar-refractivity contribution is 0.568. The topological polar surface area (TPSA) is 38.9 Å². The maximum atomic E-state index is 5.82. The van der Waals surface area contributed by atoms with E-state index in [0.29, 0.717) is 10.3 Å². The average molecular weight is 294 g/mol. The van der Waals surface area contributed by atoms with Crippen LogP contribution in [0, 0.1) is 0 Å². The van der Waals surface area contributed by atoms with Gasteiger partial charge in [0.1, 0.15) is 16.6 Å². The van der Waals surface area contributed by atoms with Crippen LogP contribution in [0.25, 0.3) is 11.4 Å². The molecule has 3 nitrogen and oxygen atoms in total. The second kappa shape index (κ2) is 3.88. The van der Waals surface area contributed by atoms with Crippen molar-refractivity contribution in [2.75, 3.05) is 0 Å². The lowest BCUT2D eigenvalue weighted by Gasteiger charge is -2.00. The fourth-order valence-electron chi connectivity index (χ4n) is 0.915. The van der Waals surface area contributed by atoms with Gasteiger partial charge >= 0.3 is 0 Å². The number of rotatable bonds is 1. The lowest BCUT2D eigenvalue weighted by atomic mass is 10.3. The summed E-state index contributed by atoms with van der Waals surface area (Å²) < 4.78 is 5.39. The van der Waals surface area contributed by atoms with Crippen LogP contribution < -0.4 is 0 Å². The highest BCUT2D eigenvalue weighted by atomic mass is 79.9. The van der Waals surface area contributed by atoms with Crippen molar-refractivity contribution in [2.24, 2.45) is 0 Å². The van der Waals surface area contributed by atoms with Gasteiger partial charge in [0, 0.05) is 0 Å². The van der Waals surface area contributed by atoms with Crippen molar-refractivity contribution in [2.45, 2.75) is 0 Å². The molecule has 0 atom stereocenters. The smallest absolute Gasteiger partial charge is 0.165 e. The maximum Gasteiger partial charge on any atom is 0.165 e. The van der Waals surface area contributed by atoms with Gasteiger partial charge < -0.3 is 4.42 Å². The first-order valence-corrected chi connectivity index (χ1v) is 5.14. The Balaban J connectivity index is 2.57. The van der Waals surface area contributed by atoms with E-state index < -0.39 is 0 Å². The quantitative estimate of drug-likeness (QED) is 0.751. The van der Waals surface area contributed by atoms with Gasteiger partial charge in [0.25, 0.3) is 0 Å². The van der Waals surface area contributed by atoms with E-state index in [1.807, 2.05) is 0 Å². The molecule has 0 aliphatic heterocycles. The van der Waals surface area contributed by atoms with Gasteiger partial charge in [-0.2, -0.15) is 0 Å². The first-order valence-electron chi connectivity index (χ1n) is 3.59. The zero-order valence-electron chi connectivity index (χ0n) is 6.67. The summed E-state index contributed by atoms with van der Waals surface area (Å²) in [6.07, 6.45) is 3.05. The van der Waals surface area contributed by atoms with Crippen molar-refractivity contribution < 1.29 is 4.42 Å². The van der Waals surface area contributed by atoms with E-state index in [4.69, 9.17) is 27.6 Å². The first-order chi connectivity index (χ1) is 6.68. The van der Waals surface area contributed by atoms with Crippen LogP contribution in [0.1, 0.15) is 0 Å². The largest absolute Gasteiger partial charge is 0.472 e. The molecule has 2 heterocycles. The molecule has 0 unspecified atom stereocenters. The highest BCUT2D eigenvalue weighted by Gasteiger charge is 2.10. The molecule has 0 bridgehead atoms. The van der Waals surface area contributed by atoms with Gasteiger partial charge in [0.05, 0.1) is 16.3 Å². The second-order valence-electron chi connectivity index (χ2n) is 2.45. The number of hydrogen-bond acceptors (Lipinski definition) is 3. The number of halogens is 3. The summed E-state index contributed by atoms with van der Waals surface area (Å²) in [4.78, 5) is 8.08. The Bertz CT molecular complexity index is 435. The van der Waals surface area contributed by atoms with Crippen molar-refractivity contribution in [1.82, 2.24) is 9.97 Å². The molecule has 72 valence electrons. The minimum Gasteiger partial charge on any atom is -0.472 e. The maximum absolute atomic E-state index is 5.82. The Kier molecular flexibility index (Phi) is 2.76. The van der Waals surface area contributed by atoms with Crippen molar-refractivity contribution in [3.63, 3.8) is 0 Å². The fraction of sp³-hybridized carbons (Fsp3) is 0. The third kappa shape index (κ3) is 1.78. The van der Waals surface area contributed by atoms with E-state index in [9.17, 15) is 0 Å². The predicted octanol–water partition coefficient (Wildman–Crippen LogP) is 3.81. The van der Waals surface area contributed by atoms with Gasteiger partial charge in [-0.15, -0.1) is 0 Å². The van der Waals surface area contributed by atoms with Gasteiger partial charge in [-0.1, -0.05) is 23.2 Å². The van der Waals surface area contributed by atoms with E-state index in [1.54, 1.807) is 6.07 Å². The summed E-state index contributed by atoms with van der Waals surface area (Å²) in [5.74, 6) is 0.442. The molecule has 0 aromatic carbocycles. The lowest BCUT2D eigenvalue weighted by Crippen LogP contribution is -1.90. The second-order valence-corrected chi connectivity index (χ2v) is 3.96. The summed E-state index contributed by atoms with van der Waals surface area (Å²) in [6, 6.07) is 1.73. The Hall–Kier alpha value is -0.580. The molecule has 6 heteroatoms. The summed E-state index contributed by atoms with van der Waals surface area (Å²) in [6.45, 7) is 0. The molecule has 0 fully saturated rings. The van der Waals surface area contributed by atoms with Crippen molar-refractivity contribution in [3.8, 4) is 11.4 Å². The van der Waals surface area contributed by atoms with E-state index in [0.717, 1.165) is 5.56 Å². The highest BCUT2D eigenvalue weighted by Crippen LogP contribution is 2.29. The summed E-state index contributed by atoms with van der Waals surface area (Å²) in [5.41, 5.74) is 0.737. The van der Waals surface area contributed by atoms with Crippen molar-refractivity contribution in [1.29, 1.82) is 0 Å². The number of furan rings is 1. The molecule has 0 N–H and O–H groups in total. The van der Waals surface area contributed by atoms with Crippen molar-refractivity contribution in [3.05, 3.63) is 33.4 Å². The molecular formula is C8H3BrCl2N2O. The normalized spacial score (nSPS) is 10.5. The fourth-order valence-corrected chi connectivity index (χ4v) is 1.48. The molecule has 2 rings (SSSR count). The Labute approximate surface area is 98.2 Å². The van der Waals surface area contributed by atoms with Crippen LogP contribution >= 0.6 is 39.1 Å². The van der Waals surface area contributed by atoms with Gasteiger partial charge in [0.15, 0.2) is 5.82 Å². The monoisotopic (exact) mass is 292 g/mol. The molecular weight excluding hydrogens is 291 g/mol. The number of hydrogen-bond donors (Lipinski definition) is 0. The molecule has 2 aromatic rings. The SMILES string of the molecule is Clc1nc(-c2ccoc2)nc(Cl)c1Br. The average Bonchev–Trinajstić information content (AvgIpc) is 2.66. The number of nitrogens with zero attached hydrogens (tertiary/aromatic N) is 2.